The summed E-state index contributed by atoms with van der Waals surface area (Å²) in [6.07, 6.45) is 0. The van der Waals surface area contributed by atoms with E-state index in [0.29, 0.717) is 34.5 Å². The van der Waals surface area contributed by atoms with Crippen molar-refractivity contribution < 1.29 is 24.2 Å². The van der Waals surface area contributed by atoms with Gasteiger partial charge in [-0.2, -0.15) is 0 Å². The Labute approximate surface area is 198 Å². The number of methoxy groups -OCH3 is 1. The van der Waals surface area contributed by atoms with Crippen LogP contribution in [0.15, 0.2) is 36.4 Å². The minimum absolute atomic E-state index is 0.0893. The van der Waals surface area contributed by atoms with Crippen LogP contribution in [0, 0.1) is 0 Å². The predicted octanol–water partition coefficient (Wildman–Crippen LogP) is 4.08. The number of aromatic nitrogens is 2. The van der Waals surface area contributed by atoms with Crippen LogP contribution in [0.1, 0.15) is 39.4 Å². The molecule has 0 radical (unpaired) electrons. The second-order valence-electron chi connectivity index (χ2n) is 8.22. The molecule has 2 aromatic heterocycles. The number of ether oxygens (including phenoxy) is 1. The van der Waals surface area contributed by atoms with Crippen LogP contribution in [0.3, 0.4) is 0 Å². The summed E-state index contributed by atoms with van der Waals surface area (Å²) in [5, 5.41) is 14.8. The van der Waals surface area contributed by atoms with E-state index in [2.05, 4.69) is 15.3 Å². The summed E-state index contributed by atoms with van der Waals surface area (Å²) in [7, 11) is 1.28. The van der Waals surface area contributed by atoms with E-state index < -0.39 is 5.97 Å². The molecular weight excluding hydrogens is 460 g/mol. The number of hydrogen-bond donors (Lipinski definition) is 4. The molecule has 34 heavy (non-hydrogen) atoms. The molecule has 0 aliphatic carbocycles. The van der Waals surface area contributed by atoms with Crippen molar-refractivity contribution in [1.82, 2.24) is 9.97 Å². The van der Waals surface area contributed by atoms with Crippen LogP contribution < -0.4 is 10.2 Å². The topological polar surface area (TPSA) is 128 Å². The fourth-order valence-electron chi connectivity index (χ4n) is 4.56. The number of halogens is 1. The van der Waals surface area contributed by atoms with Crippen molar-refractivity contribution in [3.05, 3.63) is 53.3 Å². The highest BCUT2D eigenvalue weighted by molar-refractivity contribution is 6.19. The molecule has 3 heterocycles. The van der Waals surface area contributed by atoms with Gasteiger partial charge in [-0.15, -0.1) is 11.6 Å². The number of hydrogen-bond acceptors (Lipinski definition) is 5. The normalized spacial score (nSPS) is 15.0. The summed E-state index contributed by atoms with van der Waals surface area (Å²) in [6.45, 7) is 1.75. The van der Waals surface area contributed by atoms with E-state index in [1.165, 1.54) is 20.1 Å². The molecule has 174 valence electrons. The molecule has 4 N–H and O–H groups in total. The molecule has 1 aliphatic heterocycles. The number of fused-ring (bicyclic) bond motifs is 4. The maximum Gasteiger partial charge on any atom is 0.354 e. The number of phenols is 1. The second kappa shape index (κ2) is 8.11. The number of phenolic OH excluding ortho intramolecular Hbond substituents is 1. The third-order valence-electron chi connectivity index (χ3n) is 6.02. The third-order valence-corrected chi connectivity index (χ3v) is 6.40. The van der Waals surface area contributed by atoms with Gasteiger partial charge in [0.25, 0.3) is 5.91 Å². The monoisotopic (exact) mass is 480 g/mol. The predicted molar refractivity (Wildman–Crippen MR) is 129 cm³/mol. The van der Waals surface area contributed by atoms with Crippen molar-refractivity contribution in [1.29, 1.82) is 0 Å². The summed E-state index contributed by atoms with van der Waals surface area (Å²) >= 11 is 6.27. The molecule has 10 heteroatoms. The van der Waals surface area contributed by atoms with Gasteiger partial charge in [0.2, 0.25) is 5.91 Å². The van der Waals surface area contributed by atoms with Crippen LogP contribution in [-0.2, 0) is 9.53 Å². The molecule has 1 aliphatic rings. The molecule has 0 bridgehead atoms. The summed E-state index contributed by atoms with van der Waals surface area (Å²) in [5.41, 5.74) is 3.65. The first kappa shape index (κ1) is 21.8. The first-order valence-electron chi connectivity index (χ1n) is 10.6. The van der Waals surface area contributed by atoms with Crippen LogP contribution in [0.25, 0.3) is 21.8 Å². The number of aromatic amines is 2. The van der Waals surface area contributed by atoms with Gasteiger partial charge in [-0.05, 0) is 35.9 Å². The summed E-state index contributed by atoms with van der Waals surface area (Å²) in [4.78, 5) is 44.5. The lowest BCUT2D eigenvalue weighted by molar-refractivity contribution is -0.114. The van der Waals surface area contributed by atoms with Crippen LogP contribution >= 0.6 is 11.6 Å². The fraction of sp³-hybridized carbons (Fsp3) is 0.208. The number of alkyl halides is 1. The molecule has 0 saturated heterocycles. The molecule has 2 amide bonds. The van der Waals surface area contributed by atoms with Crippen molar-refractivity contribution in [2.75, 3.05) is 29.8 Å². The maximum atomic E-state index is 13.5. The smallest absolute Gasteiger partial charge is 0.354 e. The molecule has 5 rings (SSSR count). The molecule has 4 aromatic rings. The van der Waals surface area contributed by atoms with E-state index in [-0.39, 0.29) is 35.1 Å². The average molecular weight is 481 g/mol. The minimum atomic E-state index is -0.561. The standard InChI is InChI=1S/C24H21ClN4O5/c1-11(30)26-14-3-4-16-12(5-14)6-17(27-16)23(32)29-10-13(9-25)21-15-7-18(24(33)34-2)28-22(15)20(31)8-19(21)29/h3-8,13,27-28,31H,9-10H2,1-2H3,(H,26,30)/t13-/m1/s1. The van der Waals surface area contributed by atoms with Crippen molar-refractivity contribution in [2.45, 2.75) is 12.8 Å². The van der Waals surface area contributed by atoms with Gasteiger partial charge in [-0.3, -0.25) is 9.59 Å². The molecule has 0 spiro atoms. The van der Waals surface area contributed by atoms with Crippen molar-refractivity contribution >= 4 is 62.6 Å². The maximum absolute atomic E-state index is 13.5. The highest BCUT2D eigenvalue weighted by Gasteiger charge is 2.36. The number of nitrogens with zero attached hydrogens (tertiary/aromatic N) is 1. The van der Waals surface area contributed by atoms with Crippen LogP contribution in [-0.4, -0.2) is 52.4 Å². The molecule has 9 nitrogen and oxygen atoms in total. The Hall–Kier alpha value is -3.98. The first-order valence-corrected chi connectivity index (χ1v) is 11.1. The number of benzene rings is 2. The number of esters is 1. The Morgan fingerprint density at radius 2 is 1.97 bits per heavy atom. The Kier molecular flexibility index (Phi) is 5.21. The van der Waals surface area contributed by atoms with E-state index in [1.807, 2.05) is 0 Å². The first-order chi connectivity index (χ1) is 16.3. The Balaban J connectivity index is 1.57. The Bertz CT molecular complexity index is 1490. The van der Waals surface area contributed by atoms with E-state index in [9.17, 15) is 19.5 Å². The zero-order valence-corrected chi connectivity index (χ0v) is 19.1. The van der Waals surface area contributed by atoms with Crippen LogP contribution in [0.5, 0.6) is 5.75 Å². The number of anilines is 2. The highest BCUT2D eigenvalue weighted by Crippen LogP contribution is 2.46. The molecule has 2 aromatic carbocycles. The molecule has 1 atom stereocenters. The highest BCUT2D eigenvalue weighted by atomic mass is 35.5. The van der Waals surface area contributed by atoms with Gasteiger partial charge in [-0.1, -0.05) is 0 Å². The van der Waals surface area contributed by atoms with Crippen molar-refractivity contribution in [2.24, 2.45) is 0 Å². The van der Waals surface area contributed by atoms with Gasteiger partial charge in [0, 0.05) is 53.3 Å². The summed E-state index contributed by atoms with van der Waals surface area (Å²) < 4.78 is 4.78. The summed E-state index contributed by atoms with van der Waals surface area (Å²) in [5.74, 6) is -1.06. The largest absolute Gasteiger partial charge is 0.506 e. The van der Waals surface area contributed by atoms with Gasteiger partial charge >= 0.3 is 5.97 Å². The number of nitrogens with one attached hydrogen (secondary N) is 3. The van der Waals surface area contributed by atoms with Gasteiger partial charge in [-0.25, -0.2) is 4.79 Å². The zero-order chi connectivity index (χ0) is 24.1. The van der Waals surface area contributed by atoms with Crippen molar-refractivity contribution in [3.8, 4) is 5.75 Å². The van der Waals surface area contributed by atoms with Gasteiger partial charge in [0.05, 0.1) is 18.3 Å². The average Bonchev–Trinajstić information content (AvgIpc) is 3.52. The van der Waals surface area contributed by atoms with Gasteiger partial charge in [0.15, 0.2) is 0 Å². The van der Waals surface area contributed by atoms with E-state index >= 15 is 0 Å². The van der Waals surface area contributed by atoms with Crippen LogP contribution in [0.2, 0.25) is 0 Å². The Morgan fingerprint density at radius 1 is 1.18 bits per heavy atom. The molecular formula is C24H21ClN4O5. The minimum Gasteiger partial charge on any atom is -0.506 e. The van der Waals surface area contributed by atoms with Crippen molar-refractivity contribution in [3.63, 3.8) is 0 Å². The molecule has 0 fully saturated rings. The van der Waals surface area contributed by atoms with Gasteiger partial charge in [0.1, 0.15) is 17.1 Å². The second-order valence-corrected chi connectivity index (χ2v) is 8.53. The number of carbonyl (C=O) groups is 3. The number of amides is 2. The SMILES string of the molecule is COC(=O)c1cc2c3c(cc(O)c2[nH]1)N(C(=O)c1cc2cc(NC(C)=O)ccc2[nH]1)C[C@H]3CCl. The number of H-pyrrole nitrogens is 2. The number of carbonyl (C=O) groups excluding carboxylic acids is 3. The quantitative estimate of drug-likeness (QED) is 0.258. The lowest BCUT2D eigenvalue weighted by Crippen LogP contribution is -2.30. The molecule has 0 unspecified atom stereocenters. The number of rotatable bonds is 4. The van der Waals surface area contributed by atoms with Gasteiger partial charge < -0.3 is 30.0 Å². The molecule has 0 saturated carbocycles. The zero-order valence-electron chi connectivity index (χ0n) is 18.4. The van der Waals surface area contributed by atoms with E-state index in [0.717, 1.165) is 16.5 Å². The number of aromatic hydroxyl groups is 1. The van der Waals surface area contributed by atoms with E-state index in [1.54, 1.807) is 35.2 Å². The van der Waals surface area contributed by atoms with E-state index in [4.69, 9.17) is 16.3 Å². The third kappa shape index (κ3) is 3.45. The Morgan fingerprint density at radius 3 is 2.68 bits per heavy atom. The summed E-state index contributed by atoms with van der Waals surface area (Å²) in [6, 6.07) is 10.2. The lowest BCUT2D eigenvalue weighted by Gasteiger charge is -2.17. The lowest BCUT2D eigenvalue weighted by atomic mass is 9.98. The van der Waals surface area contributed by atoms with Crippen LogP contribution in [0.4, 0.5) is 11.4 Å². The fourth-order valence-corrected chi connectivity index (χ4v) is 4.81.